The van der Waals surface area contributed by atoms with Crippen LogP contribution in [0.5, 0.6) is 0 Å². The Morgan fingerprint density at radius 1 is 1.23 bits per heavy atom. The van der Waals surface area contributed by atoms with E-state index >= 15 is 0 Å². The van der Waals surface area contributed by atoms with E-state index in [9.17, 15) is 4.79 Å². The Balaban J connectivity index is 1.34. The van der Waals surface area contributed by atoms with Crippen molar-refractivity contribution >= 4 is 6.09 Å². The van der Waals surface area contributed by atoms with Crippen LogP contribution in [0.15, 0.2) is 0 Å². The first kappa shape index (κ1) is 16.1. The SMILES string of the molecule is CC(C)(C)OC(=O)N1CCC(CCNC2CC3CCC2C3)C1. The number of ether oxygens (including phenoxy) is 1. The lowest BCUT2D eigenvalue weighted by Crippen LogP contribution is -2.36. The predicted octanol–water partition coefficient (Wildman–Crippen LogP) is 3.41. The summed E-state index contributed by atoms with van der Waals surface area (Å²) in [4.78, 5) is 13.9. The standard InChI is InChI=1S/C18H32N2O2/c1-18(2,3)22-17(21)20-9-7-13(12-20)6-8-19-16-11-14-4-5-15(16)10-14/h13-16,19H,4-12H2,1-3H3. The van der Waals surface area contributed by atoms with Crippen LogP contribution in [0.25, 0.3) is 0 Å². The molecule has 2 bridgehead atoms. The minimum Gasteiger partial charge on any atom is -0.444 e. The van der Waals surface area contributed by atoms with Crippen LogP contribution in [0.2, 0.25) is 0 Å². The topological polar surface area (TPSA) is 41.6 Å². The first-order chi connectivity index (χ1) is 10.4. The van der Waals surface area contributed by atoms with Gasteiger partial charge in [-0.25, -0.2) is 4.79 Å². The Labute approximate surface area is 135 Å². The molecule has 4 heteroatoms. The number of likely N-dealkylation sites (tertiary alicyclic amines) is 1. The zero-order chi connectivity index (χ0) is 15.7. The van der Waals surface area contributed by atoms with Crippen molar-refractivity contribution in [3.8, 4) is 0 Å². The molecule has 22 heavy (non-hydrogen) atoms. The van der Waals surface area contributed by atoms with E-state index in [1.807, 2.05) is 25.7 Å². The molecule has 0 aromatic rings. The summed E-state index contributed by atoms with van der Waals surface area (Å²) in [6.07, 6.45) is 7.95. The summed E-state index contributed by atoms with van der Waals surface area (Å²) < 4.78 is 5.46. The molecule has 0 radical (unpaired) electrons. The molecule has 1 saturated heterocycles. The maximum atomic E-state index is 12.1. The highest BCUT2D eigenvalue weighted by Crippen LogP contribution is 2.44. The van der Waals surface area contributed by atoms with Crippen LogP contribution in [0.1, 0.15) is 59.3 Å². The van der Waals surface area contributed by atoms with Crippen molar-refractivity contribution in [2.24, 2.45) is 17.8 Å². The summed E-state index contributed by atoms with van der Waals surface area (Å²) >= 11 is 0. The van der Waals surface area contributed by atoms with Gasteiger partial charge in [0.2, 0.25) is 0 Å². The fraction of sp³-hybridized carbons (Fsp3) is 0.944. The van der Waals surface area contributed by atoms with Gasteiger partial charge in [-0.1, -0.05) is 6.42 Å². The molecule has 0 aromatic heterocycles. The largest absolute Gasteiger partial charge is 0.444 e. The second-order valence-electron chi connectivity index (χ2n) is 8.61. The Bertz CT molecular complexity index is 404. The van der Waals surface area contributed by atoms with Crippen molar-refractivity contribution in [2.75, 3.05) is 19.6 Å². The quantitative estimate of drug-likeness (QED) is 0.865. The Morgan fingerprint density at radius 3 is 2.68 bits per heavy atom. The summed E-state index contributed by atoms with van der Waals surface area (Å²) in [5, 5.41) is 3.79. The van der Waals surface area contributed by atoms with Crippen LogP contribution in [0.4, 0.5) is 4.79 Å². The first-order valence-electron chi connectivity index (χ1n) is 9.12. The van der Waals surface area contributed by atoms with Crippen LogP contribution < -0.4 is 5.32 Å². The molecule has 0 aromatic carbocycles. The van der Waals surface area contributed by atoms with Gasteiger partial charge in [0.05, 0.1) is 0 Å². The summed E-state index contributed by atoms with van der Waals surface area (Å²) in [6, 6.07) is 0.780. The summed E-state index contributed by atoms with van der Waals surface area (Å²) in [5.74, 6) is 2.60. The monoisotopic (exact) mass is 308 g/mol. The molecule has 1 N–H and O–H groups in total. The summed E-state index contributed by atoms with van der Waals surface area (Å²) in [5.41, 5.74) is -0.390. The van der Waals surface area contributed by atoms with E-state index in [-0.39, 0.29) is 6.09 Å². The molecule has 4 atom stereocenters. The second kappa shape index (κ2) is 6.38. The molecule has 3 aliphatic rings. The molecular weight excluding hydrogens is 276 g/mol. The minimum atomic E-state index is -0.390. The maximum Gasteiger partial charge on any atom is 0.410 e. The zero-order valence-electron chi connectivity index (χ0n) is 14.4. The van der Waals surface area contributed by atoms with Crippen molar-refractivity contribution in [3.05, 3.63) is 0 Å². The lowest BCUT2D eigenvalue weighted by molar-refractivity contribution is 0.0287. The van der Waals surface area contributed by atoms with Crippen LogP contribution in [-0.2, 0) is 4.74 Å². The minimum absolute atomic E-state index is 0.143. The molecule has 1 heterocycles. The van der Waals surface area contributed by atoms with E-state index in [4.69, 9.17) is 4.74 Å². The number of rotatable bonds is 4. The number of amides is 1. The molecule has 2 saturated carbocycles. The highest BCUT2D eigenvalue weighted by atomic mass is 16.6. The lowest BCUT2D eigenvalue weighted by Gasteiger charge is -2.25. The molecule has 1 amide bonds. The number of hydrogen-bond acceptors (Lipinski definition) is 3. The van der Waals surface area contributed by atoms with Gasteiger partial charge in [-0.2, -0.15) is 0 Å². The third-order valence-corrected chi connectivity index (χ3v) is 5.63. The number of carbonyl (C=O) groups excluding carboxylic acids is 1. The number of nitrogens with zero attached hydrogens (tertiary/aromatic N) is 1. The van der Waals surface area contributed by atoms with Gasteiger partial charge in [0.1, 0.15) is 5.60 Å². The van der Waals surface area contributed by atoms with Crippen molar-refractivity contribution in [1.82, 2.24) is 10.2 Å². The van der Waals surface area contributed by atoms with E-state index in [1.54, 1.807) is 0 Å². The van der Waals surface area contributed by atoms with Gasteiger partial charge >= 0.3 is 6.09 Å². The second-order valence-corrected chi connectivity index (χ2v) is 8.61. The highest BCUT2D eigenvalue weighted by Gasteiger charge is 2.39. The van der Waals surface area contributed by atoms with Gasteiger partial charge in [0.15, 0.2) is 0 Å². The first-order valence-corrected chi connectivity index (χ1v) is 9.12. The number of nitrogens with one attached hydrogen (secondary N) is 1. The zero-order valence-corrected chi connectivity index (χ0v) is 14.4. The van der Waals surface area contributed by atoms with Gasteiger partial charge in [-0.05, 0) is 77.2 Å². The lowest BCUT2D eigenvalue weighted by atomic mass is 9.95. The molecule has 3 fully saturated rings. The Kier molecular flexibility index (Phi) is 4.67. The molecule has 3 rings (SSSR count). The fourth-order valence-corrected chi connectivity index (χ4v) is 4.53. The number of hydrogen-bond donors (Lipinski definition) is 1. The van der Waals surface area contributed by atoms with Crippen LogP contribution in [-0.4, -0.2) is 42.3 Å². The average Bonchev–Trinajstić information content (AvgIpc) is 3.12. The predicted molar refractivity (Wildman–Crippen MR) is 87.8 cm³/mol. The van der Waals surface area contributed by atoms with Crippen molar-refractivity contribution in [3.63, 3.8) is 0 Å². The van der Waals surface area contributed by atoms with Gasteiger partial charge in [-0.15, -0.1) is 0 Å². The molecule has 126 valence electrons. The molecule has 2 aliphatic carbocycles. The average molecular weight is 308 g/mol. The third-order valence-electron chi connectivity index (χ3n) is 5.63. The molecular formula is C18H32N2O2. The third kappa shape index (κ3) is 3.95. The van der Waals surface area contributed by atoms with Gasteiger partial charge in [0.25, 0.3) is 0 Å². The van der Waals surface area contributed by atoms with Gasteiger partial charge in [0, 0.05) is 19.1 Å². The van der Waals surface area contributed by atoms with E-state index in [0.29, 0.717) is 5.92 Å². The van der Waals surface area contributed by atoms with Gasteiger partial charge in [-0.3, -0.25) is 0 Å². The Hall–Kier alpha value is -0.770. The van der Waals surface area contributed by atoms with E-state index in [0.717, 1.165) is 43.9 Å². The van der Waals surface area contributed by atoms with Crippen molar-refractivity contribution < 1.29 is 9.53 Å². The number of fused-ring (bicyclic) bond motifs is 2. The number of carbonyl (C=O) groups is 1. The molecule has 1 aliphatic heterocycles. The van der Waals surface area contributed by atoms with Crippen molar-refractivity contribution in [1.29, 1.82) is 0 Å². The van der Waals surface area contributed by atoms with Gasteiger partial charge < -0.3 is 15.0 Å². The Morgan fingerprint density at radius 2 is 2.05 bits per heavy atom. The van der Waals surface area contributed by atoms with E-state index in [2.05, 4.69) is 5.32 Å². The van der Waals surface area contributed by atoms with Crippen LogP contribution in [0, 0.1) is 17.8 Å². The van der Waals surface area contributed by atoms with Crippen LogP contribution >= 0.6 is 0 Å². The van der Waals surface area contributed by atoms with E-state index < -0.39 is 5.60 Å². The van der Waals surface area contributed by atoms with Crippen LogP contribution in [0.3, 0.4) is 0 Å². The fourth-order valence-electron chi connectivity index (χ4n) is 4.53. The summed E-state index contributed by atoms with van der Waals surface area (Å²) in [6.45, 7) is 8.62. The highest BCUT2D eigenvalue weighted by molar-refractivity contribution is 5.68. The molecule has 4 nitrogen and oxygen atoms in total. The maximum absolute atomic E-state index is 12.1. The summed E-state index contributed by atoms with van der Waals surface area (Å²) in [7, 11) is 0. The van der Waals surface area contributed by atoms with E-state index in [1.165, 1.54) is 32.1 Å². The normalized spacial score (nSPS) is 34.4. The van der Waals surface area contributed by atoms with Crippen molar-refractivity contribution in [2.45, 2.75) is 70.9 Å². The molecule has 0 spiro atoms. The molecule has 4 unspecified atom stereocenters. The smallest absolute Gasteiger partial charge is 0.410 e.